The van der Waals surface area contributed by atoms with Gasteiger partial charge in [0.25, 0.3) is 0 Å². The molecule has 0 radical (unpaired) electrons. The molecule has 7 nitrogen and oxygen atoms in total. The fraction of sp³-hybridized carbons (Fsp3) is 0.476. The lowest BCUT2D eigenvalue weighted by molar-refractivity contribution is 0.00370. The molecule has 0 spiro atoms. The fourth-order valence-electron chi connectivity index (χ4n) is 3.22. The maximum absolute atomic E-state index is 11.0. The number of aromatic nitrogens is 3. The minimum Gasteiger partial charge on any atom is -0.453 e. The molecular weight excluding hydrogens is 356 g/mol. The molecule has 1 atom stereocenters. The topological polar surface area (TPSA) is 78.3 Å². The van der Waals surface area contributed by atoms with E-state index < -0.39 is 6.09 Å². The van der Waals surface area contributed by atoms with E-state index in [0.717, 1.165) is 54.8 Å². The van der Waals surface area contributed by atoms with E-state index in [2.05, 4.69) is 45.2 Å². The van der Waals surface area contributed by atoms with Crippen molar-refractivity contribution in [2.24, 2.45) is 0 Å². The van der Waals surface area contributed by atoms with Crippen molar-refractivity contribution in [2.75, 3.05) is 20.3 Å². The van der Waals surface area contributed by atoms with E-state index in [1.165, 1.54) is 13.5 Å². The molecule has 1 N–H and O–H groups in total. The predicted octanol–water partition coefficient (Wildman–Crippen LogP) is 2.78. The second-order valence-electron chi connectivity index (χ2n) is 6.69. The third kappa shape index (κ3) is 5.33. The Hall–Kier alpha value is -2.85. The number of carbonyl (C=O) groups excluding carboxylic acids is 1. The zero-order valence-electron chi connectivity index (χ0n) is 16.4. The van der Waals surface area contributed by atoms with Crippen molar-refractivity contribution in [3.63, 3.8) is 0 Å². The van der Waals surface area contributed by atoms with Gasteiger partial charge in [-0.1, -0.05) is 30.0 Å². The van der Waals surface area contributed by atoms with E-state index >= 15 is 0 Å². The molecule has 3 rings (SSSR count). The van der Waals surface area contributed by atoms with Crippen LogP contribution in [0.4, 0.5) is 4.79 Å². The Morgan fingerprint density at radius 1 is 1.43 bits per heavy atom. The molecule has 1 fully saturated rings. The Bertz CT molecular complexity index is 860. The number of hydrogen-bond acceptors (Lipinski definition) is 5. The molecule has 2 aromatic rings. The number of amides is 1. The average molecular weight is 382 g/mol. The minimum atomic E-state index is -0.486. The number of benzene rings is 1. The summed E-state index contributed by atoms with van der Waals surface area (Å²) < 4.78 is 12.2. The van der Waals surface area contributed by atoms with Gasteiger partial charge in [-0.25, -0.2) is 9.48 Å². The Balaban J connectivity index is 1.68. The van der Waals surface area contributed by atoms with E-state index in [1.54, 1.807) is 0 Å². The Labute approximate surface area is 165 Å². The number of hydrogen-bond donors (Lipinski definition) is 1. The average Bonchev–Trinajstić information content (AvgIpc) is 3.19. The van der Waals surface area contributed by atoms with Crippen molar-refractivity contribution in [3.8, 4) is 23.1 Å². The molecule has 0 saturated carbocycles. The van der Waals surface area contributed by atoms with Crippen LogP contribution in [0, 0.1) is 11.8 Å². The SMILES string of the molecule is CCc1cc(C#CCNC(=O)OC)ccc1-c1cn(CC2CCCCO2)nn1. The van der Waals surface area contributed by atoms with Crippen molar-refractivity contribution in [2.45, 2.75) is 45.3 Å². The molecule has 2 heterocycles. The van der Waals surface area contributed by atoms with Gasteiger partial charge in [-0.15, -0.1) is 5.10 Å². The highest BCUT2D eigenvalue weighted by Crippen LogP contribution is 2.24. The van der Waals surface area contributed by atoms with Crippen molar-refractivity contribution < 1.29 is 14.3 Å². The van der Waals surface area contributed by atoms with Gasteiger partial charge in [0.2, 0.25) is 0 Å². The first-order valence-corrected chi connectivity index (χ1v) is 9.65. The standard InChI is InChI=1S/C21H26N4O3/c1-3-17-13-16(7-6-11-22-21(26)27-2)9-10-19(17)20-15-25(24-23-20)14-18-8-4-5-12-28-18/h9-10,13,15,18H,3-5,8,11-12,14H2,1-2H3,(H,22,26). The van der Waals surface area contributed by atoms with Gasteiger partial charge in [-0.2, -0.15) is 0 Å². The first kappa shape index (κ1) is 19.9. The molecule has 1 amide bonds. The number of aryl methyl sites for hydroxylation is 1. The third-order valence-corrected chi connectivity index (χ3v) is 4.70. The van der Waals surface area contributed by atoms with Gasteiger partial charge in [-0.05, 0) is 43.4 Å². The van der Waals surface area contributed by atoms with Crippen molar-refractivity contribution in [1.29, 1.82) is 0 Å². The lowest BCUT2D eigenvalue weighted by Crippen LogP contribution is -2.24. The highest BCUT2D eigenvalue weighted by Gasteiger charge is 2.16. The molecule has 1 unspecified atom stereocenters. The van der Waals surface area contributed by atoms with Crippen LogP contribution in [0.2, 0.25) is 0 Å². The first-order valence-electron chi connectivity index (χ1n) is 9.65. The molecule has 0 aliphatic carbocycles. The summed E-state index contributed by atoms with van der Waals surface area (Å²) in [5.41, 5.74) is 3.99. The summed E-state index contributed by atoms with van der Waals surface area (Å²) in [4.78, 5) is 11.0. The quantitative estimate of drug-likeness (QED) is 0.805. The largest absolute Gasteiger partial charge is 0.453 e. The van der Waals surface area contributed by atoms with Crippen LogP contribution >= 0.6 is 0 Å². The molecule has 1 saturated heterocycles. The van der Waals surface area contributed by atoms with E-state index in [9.17, 15) is 4.79 Å². The van der Waals surface area contributed by atoms with E-state index in [1.807, 2.05) is 23.0 Å². The molecule has 1 aromatic carbocycles. The zero-order valence-corrected chi connectivity index (χ0v) is 16.4. The van der Waals surface area contributed by atoms with Crippen molar-refractivity contribution in [3.05, 3.63) is 35.5 Å². The second-order valence-corrected chi connectivity index (χ2v) is 6.69. The van der Waals surface area contributed by atoms with Crippen molar-refractivity contribution in [1.82, 2.24) is 20.3 Å². The second kappa shape index (κ2) is 9.90. The smallest absolute Gasteiger partial charge is 0.407 e. The molecule has 28 heavy (non-hydrogen) atoms. The summed E-state index contributed by atoms with van der Waals surface area (Å²) in [6.45, 7) is 3.93. The van der Waals surface area contributed by atoms with Crippen LogP contribution in [0.1, 0.15) is 37.3 Å². The number of methoxy groups -OCH3 is 1. The molecule has 1 aliphatic heterocycles. The highest BCUT2D eigenvalue weighted by molar-refractivity contribution is 5.67. The fourth-order valence-corrected chi connectivity index (χ4v) is 3.22. The van der Waals surface area contributed by atoms with Crippen LogP contribution in [0.15, 0.2) is 24.4 Å². The predicted molar refractivity (Wildman–Crippen MR) is 106 cm³/mol. The van der Waals surface area contributed by atoms with E-state index in [0.29, 0.717) is 0 Å². The monoisotopic (exact) mass is 382 g/mol. The Morgan fingerprint density at radius 2 is 2.32 bits per heavy atom. The molecule has 1 aromatic heterocycles. The Morgan fingerprint density at radius 3 is 3.07 bits per heavy atom. The highest BCUT2D eigenvalue weighted by atomic mass is 16.5. The van der Waals surface area contributed by atoms with Crippen LogP contribution in [-0.2, 0) is 22.4 Å². The van der Waals surface area contributed by atoms with Crippen LogP contribution in [0.3, 0.4) is 0 Å². The van der Waals surface area contributed by atoms with Crippen LogP contribution < -0.4 is 5.32 Å². The summed E-state index contributed by atoms with van der Waals surface area (Å²) in [6.07, 6.45) is 6.03. The zero-order chi connectivity index (χ0) is 19.8. The van der Waals surface area contributed by atoms with Crippen LogP contribution in [0.5, 0.6) is 0 Å². The van der Waals surface area contributed by atoms with Gasteiger partial charge in [0, 0.05) is 17.7 Å². The molecule has 0 bridgehead atoms. The van der Waals surface area contributed by atoms with Crippen LogP contribution in [0.25, 0.3) is 11.3 Å². The van der Waals surface area contributed by atoms with Gasteiger partial charge in [0.15, 0.2) is 0 Å². The lowest BCUT2D eigenvalue weighted by Gasteiger charge is -2.21. The maximum Gasteiger partial charge on any atom is 0.407 e. The number of alkyl carbamates (subject to hydrolysis) is 1. The van der Waals surface area contributed by atoms with Gasteiger partial charge >= 0.3 is 6.09 Å². The van der Waals surface area contributed by atoms with Gasteiger partial charge in [0.05, 0.1) is 32.5 Å². The molecular formula is C21H26N4O3. The minimum absolute atomic E-state index is 0.227. The normalized spacial score (nSPS) is 16.1. The summed E-state index contributed by atoms with van der Waals surface area (Å²) >= 11 is 0. The van der Waals surface area contributed by atoms with E-state index in [-0.39, 0.29) is 12.6 Å². The number of ether oxygens (including phenoxy) is 2. The molecule has 1 aliphatic rings. The van der Waals surface area contributed by atoms with Gasteiger partial charge in [0.1, 0.15) is 5.69 Å². The summed E-state index contributed by atoms with van der Waals surface area (Å²) in [7, 11) is 1.33. The van der Waals surface area contributed by atoms with Crippen molar-refractivity contribution >= 4 is 6.09 Å². The number of nitrogens with zero attached hydrogens (tertiary/aromatic N) is 3. The summed E-state index contributed by atoms with van der Waals surface area (Å²) in [6, 6.07) is 6.05. The number of rotatable bonds is 5. The summed E-state index contributed by atoms with van der Waals surface area (Å²) in [5, 5.41) is 11.2. The number of carbonyl (C=O) groups is 1. The molecule has 7 heteroatoms. The van der Waals surface area contributed by atoms with Crippen LogP contribution in [-0.4, -0.2) is 47.5 Å². The lowest BCUT2D eigenvalue weighted by atomic mass is 10.00. The maximum atomic E-state index is 11.0. The molecule has 148 valence electrons. The number of nitrogens with one attached hydrogen (secondary N) is 1. The summed E-state index contributed by atoms with van der Waals surface area (Å²) in [5.74, 6) is 5.98. The van der Waals surface area contributed by atoms with Gasteiger partial charge in [-0.3, -0.25) is 0 Å². The van der Waals surface area contributed by atoms with Gasteiger partial charge < -0.3 is 14.8 Å². The first-order chi connectivity index (χ1) is 13.7. The van der Waals surface area contributed by atoms with E-state index in [4.69, 9.17) is 4.74 Å². The Kier molecular flexibility index (Phi) is 7.04. The third-order valence-electron chi connectivity index (χ3n) is 4.70.